The van der Waals surface area contributed by atoms with E-state index in [9.17, 15) is 0 Å². The molecular formula is C21H24N6. The number of aromatic nitrogens is 4. The Bertz CT molecular complexity index is 868. The molecule has 138 valence electrons. The summed E-state index contributed by atoms with van der Waals surface area (Å²) in [6.45, 7) is 2.99. The maximum absolute atomic E-state index is 4.90. The highest BCUT2D eigenvalue weighted by Crippen LogP contribution is 2.29. The zero-order valence-electron chi connectivity index (χ0n) is 15.5. The molecule has 1 N–H and O–H groups in total. The Kier molecular flexibility index (Phi) is 5.34. The van der Waals surface area contributed by atoms with Crippen molar-refractivity contribution in [3.63, 3.8) is 0 Å². The number of piperidine rings is 1. The molecule has 6 heteroatoms. The summed E-state index contributed by atoms with van der Waals surface area (Å²) in [5.41, 5.74) is 3.21. The van der Waals surface area contributed by atoms with Gasteiger partial charge in [0.2, 0.25) is 0 Å². The fourth-order valence-electron chi connectivity index (χ4n) is 3.59. The third-order valence-electron chi connectivity index (χ3n) is 4.98. The van der Waals surface area contributed by atoms with Gasteiger partial charge in [-0.2, -0.15) is 0 Å². The first kappa shape index (κ1) is 17.5. The van der Waals surface area contributed by atoms with E-state index in [1.54, 1.807) is 12.4 Å². The molecule has 0 aromatic carbocycles. The summed E-state index contributed by atoms with van der Waals surface area (Å²) in [6, 6.07) is 12.1. The fraction of sp³-hybridized carbons (Fsp3) is 0.333. The Morgan fingerprint density at radius 3 is 2.78 bits per heavy atom. The van der Waals surface area contributed by atoms with Crippen LogP contribution in [0.1, 0.15) is 30.1 Å². The molecule has 0 aliphatic carbocycles. The number of hydrogen-bond donors (Lipinski definition) is 1. The summed E-state index contributed by atoms with van der Waals surface area (Å²) >= 11 is 0. The fourth-order valence-corrected chi connectivity index (χ4v) is 3.59. The SMILES string of the molecule is CNc1cc([C@@H]2CCCN(Cc3ccccn3)C2)nc(-c2ccncc2)n1. The third kappa shape index (κ3) is 4.28. The van der Waals surface area contributed by atoms with Crippen molar-refractivity contribution in [2.24, 2.45) is 0 Å². The van der Waals surface area contributed by atoms with Crippen LogP contribution in [0.4, 0.5) is 5.82 Å². The predicted molar refractivity (Wildman–Crippen MR) is 106 cm³/mol. The van der Waals surface area contributed by atoms with Crippen LogP contribution in [0.2, 0.25) is 0 Å². The van der Waals surface area contributed by atoms with E-state index in [4.69, 9.17) is 4.98 Å². The molecule has 1 aliphatic rings. The minimum atomic E-state index is 0.401. The van der Waals surface area contributed by atoms with E-state index >= 15 is 0 Å². The van der Waals surface area contributed by atoms with Gasteiger partial charge < -0.3 is 5.32 Å². The lowest BCUT2D eigenvalue weighted by Gasteiger charge is -2.32. The number of anilines is 1. The van der Waals surface area contributed by atoms with Crippen LogP contribution >= 0.6 is 0 Å². The normalized spacial score (nSPS) is 17.6. The Morgan fingerprint density at radius 1 is 1.11 bits per heavy atom. The molecule has 3 aromatic rings. The van der Waals surface area contributed by atoms with E-state index in [-0.39, 0.29) is 0 Å². The molecule has 4 rings (SSSR count). The highest BCUT2D eigenvalue weighted by atomic mass is 15.1. The van der Waals surface area contributed by atoms with Gasteiger partial charge in [0.15, 0.2) is 5.82 Å². The van der Waals surface area contributed by atoms with Crippen molar-refractivity contribution in [3.8, 4) is 11.4 Å². The number of nitrogens with one attached hydrogen (secondary N) is 1. The second-order valence-corrected chi connectivity index (χ2v) is 6.88. The summed E-state index contributed by atoms with van der Waals surface area (Å²) in [7, 11) is 1.90. The molecule has 1 atom stereocenters. The van der Waals surface area contributed by atoms with E-state index in [1.807, 2.05) is 37.5 Å². The van der Waals surface area contributed by atoms with Gasteiger partial charge in [-0.15, -0.1) is 0 Å². The maximum atomic E-state index is 4.90. The van der Waals surface area contributed by atoms with Gasteiger partial charge in [-0.25, -0.2) is 9.97 Å². The number of hydrogen-bond acceptors (Lipinski definition) is 6. The summed E-state index contributed by atoms with van der Waals surface area (Å²) in [4.78, 5) is 20.6. The first-order valence-electron chi connectivity index (χ1n) is 9.41. The summed E-state index contributed by atoms with van der Waals surface area (Å²) in [5, 5.41) is 3.18. The second-order valence-electron chi connectivity index (χ2n) is 6.88. The number of likely N-dealkylation sites (tertiary alicyclic amines) is 1. The zero-order chi connectivity index (χ0) is 18.5. The molecule has 1 saturated heterocycles. The Morgan fingerprint density at radius 2 is 2.00 bits per heavy atom. The van der Waals surface area contributed by atoms with E-state index in [0.29, 0.717) is 5.92 Å². The lowest BCUT2D eigenvalue weighted by atomic mass is 9.94. The van der Waals surface area contributed by atoms with Crippen molar-refractivity contribution < 1.29 is 0 Å². The number of pyridine rings is 2. The second kappa shape index (κ2) is 8.22. The molecule has 6 nitrogen and oxygen atoms in total. The quantitative estimate of drug-likeness (QED) is 0.753. The first-order chi connectivity index (χ1) is 13.3. The van der Waals surface area contributed by atoms with Gasteiger partial charge in [0.1, 0.15) is 5.82 Å². The van der Waals surface area contributed by atoms with Crippen LogP contribution in [0.25, 0.3) is 11.4 Å². The zero-order valence-corrected chi connectivity index (χ0v) is 15.5. The van der Waals surface area contributed by atoms with E-state index in [1.165, 1.54) is 6.42 Å². The van der Waals surface area contributed by atoms with Crippen molar-refractivity contribution in [2.45, 2.75) is 25.3 Å². The number of rotatable bonds is 5. The van der Waals surface area contributed by atoms with Gasteiger partial charge in [-0.1, -0.05) is 6.07 Å². The minimum Gasteiger partial charge on any atom is -0.373 e. The Hall–Kier alpha value is -2.86. The molecule has 0 radical (unpaired) electrons. The van der Waals surface area contributed by atoms with Crippen LogP contribution < -0.4 is 5.32 Å². The van der Waals surface area contributed by atoms with Gasteiger partial charge >= 0.3 is 0 Å². The van der Waals surface area contributed by atoms with Crippen LogP contribution in [0, 0.1) is 0 Å². The summed E-state index contributed by atoms with van der Waals surface area (Å²) in [6.07, 6.45) is 7.73. The van der Waals surface area contributed by atoms with E-state index < -0.39 is 0 Å². The van der Waals surface area contributed by atoms with E-state index in [0.717, 1.165) is 54.6 Å². The first-order valence-corrected chi connectivity index (χ1v) is 9.41. The largest absolute Gasteiger partial charge is 0.373 e. The Labute approximate surface area is 159 Å². The van der Waals surface area contributed by atoms with Crippen LogP contribution in [0.3, 0.4) is 0 Å². The highest BCUT2D eigenvalue weighted by molar-refractivity contribution is 5.57. The highest BCUT2D eigenvalue weighted by Gasteiger charge is 2.24. The molecule has 4 heterocycles. The Balaban J connectivity index is 1.56. The van der Waals surface area contributed by atoms with Gasteiger partial charge in [-0.05, 0) is 43.7 Å². The summed E-state index contributed by atoms with van der Waals surface area (Å²) < 4.78 is 0. The average Bonchev–Trinajstić information content (AvgIpc) is 2.75. The maximum Gasteiger partial charge on any atom is 0.161 e. The average molecular weight is 360 g/mol. The smallest absolute Gasteiger partial charge is 0.161 e. The molecular weight excluding hydrogens is 336 g/mol. The van der Waals surface area contributed by atoms with Crippen molar-refractivity contribution in [1.29, 1.82) is 0 Å². The number of nitrogens with zero attached hydrogens (tertiary/aromatic N) is 5. The standard InChI is InChI=1S/C21H24N6/c1-22-20-13-19(25-21(26-20)16-7-10-23-11-8-16)17-5-4-12-27(14-17)15-18-6-2-3-9-24-18/h2-3,6-11,13,17H,4-5,12,14-15H2,1H3,(H,22,25,26)/t17-/m1/s1. The van der Waals surface area contributed by atoms with Gasteiger partial charge in [-0.3, -0.25) is 14.9 Å². The molecule has 0 spiro atoms. The van der Waals surface area contributed by atoms with Gasteiger partial charge in [0.25, 0.3) is 0 Å². The molecule has 1 aliphatic heterocycles. The van der Waals surface area contributed by atoms with Crippen molar-refractivity contribution in [3.05, 3.63) is 66.4 Å². The molecule has 3 aromatic heterocycles. The van der Waals surface area contributed by atoms with Crippen LogP contribution in [-0.2, 0) is 6.54 Å². The van der Waals surface area contributed by atoms with Crippen LogP contribution in [0.5, 0.6) is 0 Å². The van der Waals surface area contributed by atoms with Crippen LogP contribution in [0.15, 0.2) is 55.0 Å². The van der Waals surface area contributed by atoms with Crippen LogP contribution in [-0.4, -0.2) is 45.0 Å². The molecule has 1 fully saturated rings. The molecule has 0 amide bonds. The predicted octanol–water partition coefficient (Wildman–Crippen LogP) is 3.35. The molecule has 0 saturated carbocycles. The lowest BCUT2D eigenvalue weighted by molar-refractivity contribution is 0.196. The molecule has 0 bridgehead atoms. The van der Waals surface area contributed by atoms with Crippen molar-refractivity contribution in [2.75, 3.05) is 25.5 Å². The van der Waals surface area contributed by atoms with Gasteiger partial charge in [0, 0.05) is 56.3 Å². The lowest BCUT2D eigenvalue weighted by Crippen LogP contribution is -2.34. The van der Waals surface area contributed by atoms with E-state index in [2.05, 4.69) is 37.3 Å². The third-order valence-corrected chi connectivity index (χ3v) is 4.98. The molecule has 0 unspecified atom stereocenters. The molecule has 27 heavy (non-hydrogen) atoms. The summed E-state index contributed by atoms with van der Waals surface area (Å²) in [5.74, 6) is 2.01. The minimum absolute atomic E-state index is 0.401. The van der Waals surface area contributed by atoms with Crippen molar-refractivity contribution >= 4 is 5.82 Å². The van der Waals surface area contributed by atoms with Gasteiger partial charge in [0.05, 0.1) is 11.4 Å². The topological polar surface area (TPSA) is 66.8 Å². The van der Waals surface area contributed by atoms with Crippen molar-refractivity contribution in [1.82, 2.24) is 24.8 Å². The monoisotopic (exact) mass is 360 g/mol.